The number of benzene rings is 1. The molecule has 100 valence electrons. The number of thioether (sulfide) groups is 1. The van der Waals surface area contributed by atoms with Gasteiger partial charge in [-0.3, -0.25) is 4.79 Å². The fraction of sp³-hybridized carbons (Fsp3) is 0.462. The first-order chi connectivity index (χ1) is 8.42. The van der Waals surface area contributed by atoms with E-state index in [1.807, 2.05) is 19.1 Å². The number of hydrogen-bond acceptors (Lipinski definition) is 2. The van der Waals surface area contributed by atoms with Gasteiger partial charge < -0.3 is 0 Å². The van der Waals surface area contributed by atoms with Crippen LogP contribution < -0.4 is 0 Å². The largest absolute Gasteiger partial charge is 0.389 e. The van der Waals surface area contributed by atoms with Gasteiger partial charge in [0, 0.05) is 23.3 Å². The van der Waals surface area contributed by atoms with Crippen LogP contribution in [0.25, 0.3) is 0 Å². The molecule has 1 rings (SSSR count). The fourth-order valence-electron chi connectivity index (χ4n) is 1.50. The van der Waals surface area contributed by atoms with Gasteiger partial charge in [-0.25, -0.2) is 0 Å². The van der Waals surface area contributed by atoms with Gasteiger partial charge in [-0.05, 0) is 24.3 Å². The van der Waals surface area contributed by atoms with Crippen LogP contribution in [0.3, 0.4) is 0 Å². The molecule has 0 heterocycles. The topological polar surface area (TPSA) is 17.1 Å². The fourth-order valence-corrected chi connectivity index (χ4v) is 2.16. The zero-order valence-electron chi connectivity index (χ0n) is 10.1. The summed E-state index contributed by atoms with van der Waals surface area (Å²) in [6.45, 7) is 2.03. The van der Waals surface area contributed by atoms with Gasteiger partial charge in [-0.1, -0.05) is 19.1 Å². The maximum absolute atomic E-state index is 11.9. The summed E-state index contributed by atoms with van der Waals surface area (Å²) in [6.07, 6.45) is -5.28. The summed E-state index contributed by atoms with van der Waals surface area (Å²) in [6, 6.07) is 7.00. The van der Waals surface area contributed by atoms with Crippen molar-refractivity contribution in [2.75, 3.05) is 5.75 Å². The van der Waals surface area contributed by atoms with Gasteiger partial charge in [0.15, 0.2) is 5.78 Å². The van der Waals surface area contributed by atoms with Gasteiger partial charge in [0.25, 0.3) is 0 Å². The minimum atomic E-state index is -4.18. The van der Waals surface area contributed by atoms with E-state index in [4.69, 9.17) is 0 Å². The highest BCUT2D eigenvalue weighted by atomic mass is 32.2. The summed E-state index contributed by atoms with van der Waals surface area (Å²) in [4.78, 5) is 12.7. The minimum Gasteiger partial charge on any atom is -0.294 e. The van der Waals surface area contributed by atoms with Crippen LogP contribution in [0.15, 0.2) is 29.2 Å². The average molecular weight is 276 g/mol. The quantitative estimate of drug-likeness (QED) is 0.552. The summed E-state index contributed by atoms with van der Waals surface area (Å²) in [5.41, 5.74) is 0.484. The summed E-state index contributed by atoms with van der Waals surface area (Å²) >= 11 is 1.66. The molecule has 0 saturated carbocycles. The molecule has 0 unspecified atom stereocenters. The molecule has 0 radical (unpaired) electrons. The molecule has 0 N–H and O–H groups in total. The molecule has 0 aromatic heterocycles. The molecule has 0 atom stereocenters. The highest BCUT2D eigenvalue weighted by Gasteiger charge is 2.26. The number of hydrogen-bond donors (Lipinski definition) is 0. The highest BCUT2D eigenvalue weighted by Crippen LogP contribution is 2.23. The van der Waals surface area contributed by atoms with Gasteiger partial charge in [0.2, 0.25) is 0 Å². The molecule has 1 nitrogen and oxygen atoms in total. The van der Waals surface area contributed by atoms with E-state index in [1.165, 1.54) is 0 Å². The summed E-state index contributed by atoms with van der Waals surface area (Å²) in [5.74, 6) is 0.714. The summed E-state index contributed by atoms with van der Waals surface area (Å²) in [5, 5.41) is 0. The van der Waals surface area contributed by atoms with E-state index >= 15 is 0 Å². The van der Waals surface area contributed by atoms with Crippen molar-refractivity contribution in [3.8, 4) is 0 Å². The molecule has 0 saturated heterocycles. The van der Waals surface area contributed by atoms with Gasteiger partial charge in [0.05, 0.1) is 0 Å². The first kappa shape index (κ1) is 15.1. The smallest absolute Gasteiger partial charge is 0.294 e. The standard InChI is InChI=1S/C13H15F3OS/c1-2-18-11-7-5-10(6-8-11)12(17)4-3-9-13(14,15)16/h5-8H,2-4,9H2,1H3. The SMILES string of the molecule is CCSc1ccc(C(=O)CCCC(F)(F)F)cc1. The molecular formula is C13H15F3OS. The third-order valence-electron chi connectivity index (χ3n) is 2.35. The molecule has 0 amide bonds. The summed E-state index contributed by atoms with van der Waals surface area (Å²) in [7, 11) is 0. The lowest BCUT2D eigenvalue weighted by molar-refractivity contribution is -0.135. The average Bonchev–Trinajstić information content (AvgIpc) is 2.28. The Morgan fingerprint density at radius 1 is 1.22 bits per heavy atom. The van der Waals surface area contributed by atoms with Crippen molar-refractivity contribution in [2.24, 2.45) is 0 Å². The second-order valence-electron chi connectivity index (χ2n) is 3.85. The maximum Gasteiger partial charge on any atom is 0.389 e. The lowest BCUT2D eigenvalue weighted by atomic mass is 10.1. The first-order valence-corrected chi connectivity index (χ1v) is 6.74. The normalized spacial score (nSPS) is 11.6. The number of carbonyl (C=O) groups is 1. The van der Waals surface area contributed by atoms with Crippen LogP contribution in [0, 0.1) is 0 Å². The molecule has 1 aromatic rings. The van der Waals surface area contributed by atoms with E-state index in [0.29, 0.717) is 5.56 Å². The Kier molecular flexibility index (Phi) is 5.72. The number of alkyl halides is 3. The molecule has 18 heavy (non-hydrogen) atoms. The van der Waals surface area contributed by atoms with Crippen LogP contribution in [-0.2, 0) is 0 Å². The lowest BCUT2D eigenvalue weighted by Gasteiger charge is -2.05. The van der Waals surface area contributed by atoms with Crippen LogP contribution in [0.2, 0.25) is 0 Å². The molecule has 1 aromatic carbocycles. The summed E-state index contributed by atoms with van der Waals surface area (Å²) < 4.78 is 35.8. The van der Waals surface area contributed by atoms with Gasteiger partial charge in [0.1, 0.15) is 0 Å². The molecule has 5 heteroatoms. The Morgan fingerprint density at radius 2 is 1.83 bits per heavy atom. The Balaban J connectivity index is 2.46. The zero-order valence-corrected chi connectivity index (χ0v) is 10.9. The third kappa shape index (κ3) is 5.58. The van der Waals surface area contributed by atoms with Crippen molar-refractivity contribution in [1.29, 1.82) is 0 Å². The predicted octanol–water partition coefficient (Wildman–Crippen LogP) is 4.71. The number of rotatable bonds is 6. The lowest BCUT2D eigenvalue weighted by Crippen LogP contribution is -2.08. The molecule has 0 spiro atoms. The van der Waals surface area contributed by atoms with E-state index in [0.717, 1.165) is 10.6 Å². The number of ketones is 1. The van der Waals surface area contributed by atoms with E-state index in [1.54, 1.807) is 23.9 Å². The molecule has 0 aliphatic rings. The third-order valence-corrected chi connectivity index (χ3v) is 3.25. The first-order valence-electron chi connectivity index (χ1n) is 5.75. The molecule has 0 aliphatic heterocycles. The highest BCUT2D eigenvalue weighted by molar-refractivity contribution is 7.99. The zero-order chi connectivity index (χ0) is 13.6. The van der Waals surface area contributed by atoms with E-state index in [2.05, 4.69) is 0 Å². The monoisotopic (exact) mass is 276 g/mol. The number of carbonyl (C=O) groups excluding carboxylic acids is 1. The minimum absolute atomic E-state index is 0.0558. The second-order valence-corrected chi connectivity index (χ2v) is 5.19. The van der Waals surface area contributed by atoms with E-state index in [-0.39, 0.29) is 18.6 Å². The Morgan fingerprint density at radius 3 is 2.33 bits per heavy atom. The molecule has 0 fully saturated rings. The Labute approximate surface area is 109 Å². The predicted molar refractivity (Wildman–Crippen MR) is 67.1 cm³/mol. The Bertz CT molecular complexity index is 384. The molecular weight excluding hydrogens is 261 g/mol. The van der Waals surface area contributed by atoms with E-state index < -0.39 is 12.6 Å². The van der Waals surface area contributed by atoms with Gasteiger partial charge in [-0.15, -0.1) is 11.8 Å². The Hall–Kier alpha value is -0.970. The van der Waals surface area contributed by atoms with Crippen LogP contribution in [0.5, 0.6) is 0 Å². The van der Waals surface area contributed by atoms with Crippen LogP contribution in [-0.4, -0.2) is 17.7 Å². The number of halogens is 3. The van der Waals surface area contributed by atoms with Crippen LogP contribution in [0.1, 0.15) is 36.5 Å². The van der Waals surface area contributed by atoms with Crippen molar-refractivity contribution < 1.29 is 18.0 Å². The molecule has 0 bridgehead atoms. The van der Waals surface area contributed by atoms with E-state index in [9.17, 15) is 18.0 Å². The van der Waals surface area contributed by atoms with Crippen LogP contribution in [0.4, 0.5) is 13.2 Å². The molecule has 0 aliphatic carbocycles. The van der Waals surface area contributed by atoms with Crippen molar-refractivity contribution in [3.63, 3.8) is 0 Å². The van der Waals surface area contributed by atoms with Crippen molar-refractivity contribution >= 4 is 17.5 Å². The van der Waals surface area contributed by atoms with Gasteiger partial charge in [-0.2, -0.15) is 13.2 Å². The second kappa shape index (κ2) is 6.83. The van der Waals surface area contributed by atoms with Crippen molar-refractivity contribution in [2.45, 2.75) is 37.3 Å². The van der Waals surface area contributed by atoms with Crippen LogP contribution >= 0.6 is 11.8 Å². The number of Topliss-reactive ketones (excluding diaryl/α,β-unsaturated/α-hetero) is 1. The maximum atomic E-state index is 11.9. The van der Waals surface area contributed by atoms with Crippen molar-refractivity contribution in [3.05, 3.63) is 29.8 Å². The van der Waals surface area contributed by atoms with Gasteiger partial charge >= 0.3 is 6.18 Å². The van der Waals surface area contributed by atoms with Crippen molar-refractivity contribution in [1.82, 2.24) is 0 Å².